The van der Waals surface area contributed by atoms with Crippen LogP contribution in [-0.2, 0) is 37.5 Å². The second-order valence-electron chi connectivity index (χ2n) is 10.8. The van der Waals surface area contributed by atoms with Crippen molar-refractivity contribution >= 4 is 25.7 Å². The molecule has 0 aromatic rings. The maximum Gasteiger partial charge on any atom is 1.00 e. The summed E-state index contributed by atoms with van der Waals surface area (Å²) >= 11 is 0. The van der Waals surface area contributed by atoms with E-state index in [9.17, 15) is 23.8 Å². The van der Waals surface area contributed by atoms with Crippen LogP contribution in [0, 0.1) is 0 Å². The summed E-state index contributed by atoms with van der Waals surface area (Å²) in [6, 6.07) is -1.91. The third-order valence-electron chi connectivity index (χ3n) is 6.40. The number of carbonyl (C=O) groups excluding carboxylic acids is 2. The molecule has 306 valence electrons. The minimum Gasteiger partial charge on any atom is -0.756 e. The number of phosphoric acid groups is 1. The quantitative estimate of drug-likeness (QED) is 0.0218. The average molecular weight is 815 g/mol. The Morgan fingerprint density at radius 2 is 1.23 bits per heavy atom. The first-order chi connectivity index (χ1) is 36.8. The van der Waals surface area contributed by atoms with Crippen molar-refractivity contribution in [3.05, 3.63) is 12.2 Å². The predicted octanol–water partition coefficient (Wildman–Crippen LogP) is 6.88. The molecule has 0 amide bonds. The van der Waals surface area contributed by atoms with E-state index in [1.54, 1.807) is 0 Å². The number of hydrogen-bond acceptors (Lipinski definition) is 10. The number of allylic oxidation sites excluding steroid dienone is 2. The van der Waals surface area contributed by atoms with Gasteiger partial charge in [0.25, 0.3) is 7.82 Å². The Balaban J connectivity index is 0. The van der Waals surface area contributed by atoms with Crippen LogP contribution in [0.4, 0.5) is 0 Å². The summed E-state index contributed by atoms with van der Waals surface area (Å²) in [7, 11) is -5.57. The molecule has 0 spiro atoms. The van der Waals surface area contributed by atoms with Gasteiger partial charge in [-0.3, -0.25) is 18.9 Å². The summed E-state index contributed by atoms with van der Waals surface area (Å²) < 4.78 is 285. The van der Waals surface area contributed by atoms with Gasteiger partial charge in [0.1, 0.15) is 12.6 Å². The maximum atomic E-state index is 13.4. The van der Waals surface area contributed by atoms with Crippen LogP contribution in [0.1, 0.15) is 235 Å². The fraction of sp³-hybridized carbons (Fsp3) is 0.875. The first-order valence-electron chi connectivity index (χ1n) is 32.4. The molecule has 13 heteroatoms. The van der Waals surface area contributed by atoms with Crippen molar-refractivity contribution in [3.63, 3.8) is 0 Å². The number of nitrogens with two attached hydrogens (primary N) is 1. The van der Waals surface area contributed by atoms with Gasteiger partial charge in [-0.05, 0) is 38.5 Å². The number of carbonyl (C=O) groups is 3. The fourth-order valence-electron chi connectivity index (χ4n) is 3.79. The van der Waals surface area contributed by atoms with Gasteiger partial charge in [-0.15, -0.1) is 0 Å². The molecule has 0 aromatic carbocycles. The first kappa shape index (κ1) is 20.8. The number of carboxylic acid groups (broad SMARTS) is 1. The van der Waals surface area contributed by atoms with E-state index >= 15 is 0 Å². The summed E-state index contributed by atoms with van der Waals surface area (Å²) in [5.41, 5.74) is 5.22. The molecule has 0 heterocycles. The molecule has 11 nitrogen and oxygen atoms in total. The molecular weight excluding hydrogens is 708 g/mol. The van der Waals surface area contributed by atoms with E-state index in [2.05, 4.69) is 28.1 Å². The molecule has 0 aliphatic carbocycles. The van der Waals surface area contributed by atoms with Crippen molar-refractivity contribution in [3.8, 4) is 0 Å². The summed E-state index contributed by atoms with van der Waals surface area (Å²) in [6.07, 6.45) is -56.9. The normalized spacial score (nSPS) is 26.4. The number of esters is 2. The minimum absolute atomic E-state index is 0. The standard InChI is InChI=1S/C40H76NO10P.Na/c1-3-5-7-9-11-13-15-17-18-20-22-24-26-28-30-32-39(43)51-36(34-49-52(46,47)50-35-37(41)40(44)45)33-48-38(42)31-29-27-25-23-21-19-16-14-12-10-8-6-4-2;/h17-18,36-37H,3-16,19-35,41H2,1-2H3,(H,44,45)(H,46,47);/q;+1/p-1/t36-,37+;/m1./s1/i2D3,4D2,6D2,8D2,10D2,12D2,14D2,16D2,19D2,21D2,23D2,25D2,27D2,29D2,31D2;. The van der Waals surface area contributed by atoms with Gasteiger partial charge in [0.15, 0.2) is 6.10 Å². The molecule has 0 radical (unpaired) electrons. The van der Waals surface area contributed by atoms with Gasteiger partial charge in [-0.2, -0.15) is 0 Å². The molecule has 0 aliphatic rings. The average Bonchev–Trinajstić information content (AvgIpc) is 2.47. The van der Waals surface area contributed by atoms with E-state index in [0.717, 1.165) is 44.9 Å². The molecule has 0 fully saturated rings. The topological polar surface area (TPSA) is 175 Å². The summed E-state index contributed by atoms with van der Waals surface area (Å²) in [5, 5.41) is 8.94. The van der Waals surface area contributed by atoms with E-state index in [0.29, 0.717) is 12.8 Å². The van der Waals surface area contributed by atoms with Gasteiger partial charge >= 0.3 is 47.5 Å². The van der Waals surface area contributed by atoms with E-state index < -0.39 is 154 Å². The Labute approximate surface area is 388 Å². The van der Waals surface area contributed by atoms with Crippen molar-refractivity contribution in [2.45, 2.75) is 205 Å². The largest absolute Gasteiger partial charge is 1.00 e. The molecule has 0 aliphatic heterocycles. The van der Waals surface area contributed by atoms with Crippen molar-refractivity contribution in [1.29, 1.82) is 0 Å². The molecule has 53 heavy (non-hydrogen) atoms. The molecule has 0 saturated heterocycles. The van der Waals surface area contributed by atoms with Crippen molar-refractivity contribution in [2.75, 3.05) is 19.8 Å². The Kier molecular flexibility index (Phi) is 15.5. The van der Waals surface area contributed by atoms with Gasteiger partial charge in [-0.25, -0.2) is 0 Å². The summed E-state index contributed by atoms with van der Waals surface area (Å²) in [4.78, 5) is 49.8. The second-order valence-corrected chi connectivity index (χ2v) is 12.2. The smallest absolute Gasteiger partial charge is 0.756 e. The zero-order valence-corrected chi connectivity index (χ0v) is 33.4. The summed E-state index contributed by atoms with van der Waals surface area (Å²) in [5.74, 6) is -5.41. The Morgan fingerprint density at radius 1 is 0.736 bits per heavy atom. The molecular formula is C40H75NNaO10P. The minimum atomic E-state index is -5.57. The Bertz CT molecular complexity index is 2220. The van der Waals surface area contributed by atoms with Crippen LogP contribution in [0.15, 0.2) is 12.2 Å². The number of hydrogen-bond donors (Lipinski definition) is 2. The molecule has 3 atom stereocenters. The Morgan fingerprint density at radius 3 is 1.77 bits per heavy atom. The van der Waals surface area contributed by atoms with Crippen molar-refractivity contribution in [2.24, 2.45) is 5.73 Å². The van der Waals surface area contributed by atoms with Crippen LogP contribution < -0.4 is 40.2 Å². The zero-order valence-electron chi connectivity index (χ0n) is 61.5. The van der Waals surface area contributed by atoms with Gasteiger partial charge in [0.05, 0.1) is 13.2 Å². The zero-order chi connectivity index (χ0) is 66.2. The third-order valence-corrected chi connectivity index (χ3v) is 7.33. The fourth-order valence-corrected chi connectivity index (χ4v) is 4.55. The van der Waals surface area contributed by atoms with Crippen LogP contribution in [0.3, 0.4) is 0 Å². The number of phosphoric ester groups is 1. The Hall–Kier alpha value is -0.780. The number of rotatable bonds is 39. The van der Waals surface area contributed by atoms with E-state index in [-0.39, 0.29) is 42.4 Å². The molecule has 0 aromatic heterocycles. The van der Waals surface area contributed by atoms with Crippen LogP contribution in [0.2, 0.25) is 0 Å². The molecule has 3 N–H and O–H groups in total. The number of ether oxygens (including phenoxy) is 2. The van der Waals surface area contributed by atoms with Crippen molar-refractivity contribution < 1.29 is 120 Å². The van der Waals surface area contributed by atoms with Crippen LogP contribution >= 0.6 is 7.82 Å². The van der Waals surface area contributed by atoms with Gasteiger partial charge in [0, 0.05) is 55.3 Å². The molecule has 1 unspecified atom stereocenters. The molecule has 0 saturated carbocycles. The first-order valence-corrected chi connectivity index (χ1v) is 18.3. The SMILES string of the molecule is [2H]C([2H])([2H])C([2H])([2H])C([2H])([2H])C([2H])([2H])C([2H])([2H])C([2H])([2H])C([2H])([2H])C([2H])([2H])C([2H])([2H])C([2H])([2H])C([2H])([2H])C([2H])([2H])C([2H])([2H])C([2H])([2H])C([2H])([2H])C(=O)OC[C@H](COP(=O)([O-])OC[C@H](N)C(=O)O)OC(=O)CCCCCCCC=CCCCCCCCC.[Na+]. The second kappa shape index (κ2) is 39.5. The number of aliphatic carboxylic acids is 1. The predicted molar refractivity (Wildman–Crippen MR) is 206 cm³/mol. The van der Waals surface area contributed by atoms with E-state index in [1.165, 1.54) is 19.3 Å². The van der Waals surface area contributed by atoms with Gasteiger partial charge < -0.3 is 34.3 Å². The van der Waals surface area contributed by atoms with E-state index in [4.69, 9.17) is 62.8 Å². The van der Waals surface area contributed by atoms with Crippen LogP contribution in [0.25, 0.3) is 0 Å². The maximum absolute atomic E-state index is 13.4. The van der Waals surface area contributed by atoms with Gasteiger partial charge in [0.2, 0.25) is 0 Å². The van der Waals surface area contributed by atoms with E-state index in [1.807, 2.05) is 0 Å². The monoisotopic (exact) mass is 815 g/mol. The summed E-state index contributed by atoms with van der Waals surface area (Å²) in [6.45, 7) is -6.11. The number of unbranched alkanes of at least 4 members (excludes halogenated alkanes) is 11. The van der Waals surface area contributed by atoms with Crippen LogP contribution in [0.5, 0.6) is 0 Å². The molecule has 0 rings (SSSR count). The molecule has 0 bridgehead atoms. The van der Waals surface area contributed by atoms with Gasteiger partial charge in [-0.1, -0.05) is 154 Å². The number of carboxylic acids is 1. The van der Waals surface area contributed by atoms with Crippen LogP contribution in [-0.4, -0.2) is 55.0 Å². The van der Waals surface area contributed by atoms with Crippen molar-refractivity contribution in [1.82, 2.24) is 0 Å². The third kappa shape index (κ3) is 39.3.